The van der Waals surface area contributed by atoms with E-state index in [2.05, 4.69) is 0 Å². The van der Waals surface area contributed by atoms with Gasteiger partial charge in [0.2, 0.25) is 0 Å². The van der Waals surface area contributed by atoms with Crippen LogP contribution in [-0.2, 0) is 9.59 Å². The van der Waals surface area contributed by atoms with Gasteiger partial charge < -0.3 is 10.2 Å². The Morgan fingerprint density at radius 2 is 1.53 bits per heavy atom. The predicted octanol–water partition coefficient (Wildman–Crippen LogP) is 5.79. The van der Waals surface area contributed by atoms with Gasteiger partial charge in [-0.05, 0) is 47.9 Å². The monoisotopic (exact) mass is 449 g/mol. The van der Waals surface area contributed by atoms with Gasteiger partial charge in [-0.25, -0.2) is 0 Å². The van der Waals surface area contributed by atoms with E-state index < -0.39 is 17.7 Å². The summed E-state index contributed by atoms with van der Waals surface area (Å²) in [6, 6.07) is 24.5. The minimum atomic E-state index is -0.897. The van der Waals surface area contributed by atoms with Gasteiger partial charge in [0.15, 0.2) is 0 Å². The summed E-state index contributed by atoms with van der Waals surface area (Å²) in [5.74, 6) is -1.95. The molecule has 1 aliphatic rings. The summed E-state index contributed by atoms with van der Waals surface area (Å²) in [6.07, 6.45) is 0. The number of Topliss-reactive ketones (excluding diaryl/α,β-unsaturated/α-hetero) is 1. The van der Waals surface area contributed by atoms with Gasteiger partial charge >= 0.3 is 0 Å². The van der Waals surface area contributed by atoms with Gasteiger partial charge in [-0.3, -0.25) is 14.5 Å². The third-order valence-electron chi connectivity index (χ3n) is 6.24. The molecular weight excluding hydrogens is 426 g/mol. The van der Waals surface area contributed by atoms with Crippen LogP contribution in [0.1, 0.15) is 28.3 Å². The standard InChI is InChI=1S/C29H23NO4/c1-17-7-5-10-20(15-17)26-25(27(32)22-12-6-9-19-8-3-4-11-21(19)22)28(33)29(34)30(26)23-16-18(2)13-14-24(23)31/h3-16,26,31-32H,1-2H3/b27-25-. The first kappa shape index (κ1) is 21.5. The summed E-state index contributed by atoms with van der Waals surface area (Å²) in [5.41, 5.74) is 3.14. The van der Waals surface area contributed by atoms with Gasteiger partial charge in [-0.1, -0.05) is 78.4 Å². The minimum absolute atomic E-state index is 0.00661. The number of amides is 1. The fourth-order valence-electron chi connectivity index (χ4n) is 4.64. The van der Waals surface area contributed by atoms with Gasteiger partial charge in [-0.15, -0.1) is 0 Å². The molecule has 1 saturated heterocycles. The van der Waals surface area contributed by atoms with Crippen molar-refractivity contribution in [2.75, 3.05) is 4.90 Å². The molecule has 1 amide bonds. The molecule has 4 aromatic rings. The van der Waals surface area contributed by atoms with Crippen LogP contribution in [0, 0.1) is 13.8 Å². The van der Waals surface area contributed by atoms with Crippen LogP contribution in [0.2, 0.25) is 0 Å². The Morgan fingerprint density at radius 1 is 0.824 bits per heavy atom. The minimum Gasteiger partial charge on any atom is -0.507 e. The Labute approximate surface area is 197 Å². The maximum atomic E-state index is 13.4. The van der Waals surface area contributed by atoms with E-state index in [1.165, 1.54) is 11.0 Å². The first-order chi connectivity index (χ1) is 16.4. The number of aromatic hydroxyl groups is 1. The molecule has 1 aliphatic heterocycles. The summed E-state index contributed by atoms with van der Waals surface area (Å²) in [7, 11) is 0. The number of ketones is 1. The molecule has 0 aliphatic carbocycles. The molecule has 1 unspecified atom stereocenters. The van der Waals surface area contributed by atoms with Crippen LogP contribution in [0.15, 0.2) is 90.5 Å². The average molecular weight is 450 g/mol. The van der Waals surface area contributed by atoms with Crippen molar-refractivity contribution in [3.63, 3.8) is 0 Å². The number of anilines is 1. The van der Waals surface area contributed by atoms with E-state index in [4.69, 9.17) is 0 Å². The van der Waals surface area contributed by atoms with Crippen LogP contribution in [0.5, 0.6) is 5.75 Å². The molecule has 1 atom stereocenters. The molecule has 4 aromatic carbocycles. The van der Waals surface area contributed by atoms with Crippen LogP contribution in [-0.4, -0.2) is 21.9 Å². The number of hydrogen-bond donors (Lipinski definition) is 2. The molecule has 5 rings (SSSR count). The molecule has 1 fully saturated rings. The largest absolute Gasteiger partial charge is 0.507 e. The van der Waals surface area contributed by atoms with E-state index in [9.17, 15) is 19.8 Å². The van der Waals surface area contributed by atoms with Crippen LogP contribution < -0.4 is 4.90 Å². The van der Waals surface area contributed by atoms with Gasteiger partial charge in [0.25, 0.3) is 11.7 Å². The summed E-state index contributed by atoms with van der Waals surface area (Å²) in [4.78, 5) is 28.1. The molecule has 5 heteroatoms. The van der Waals surface area contributed by atoms with Crippen molar-refractivity contribution in [2.45, 2.75) is 19.9 Å². The average Bonchev–Trinajstić information content (AvgIpc) is 3.10. The van der Waals surface area contributed by atoms with Crippen molar-refractivity contribution >= 4 is 33.9 Å². The predicted molar refractivity (Wildman–Crippen MR) is 133 cm³/mol. The molecular formula is C29H23NO4. The molecule has 0 bridgehead atoms. The van der Waals surface area contributed by atoms with E-state index in [-0.39, 0.29) is 22.8 Å². The number of benzene rings is 4. The smallest absolute Gasteiger partial charge is 0.300 e. The highest BCUT2D eigenvalue weighted by molar-refractivity contribution is 6.52. The Kier molecular flexibility index (Phi) is 5.17. The topological polar surface area (TPSA) is 77.8 Å². The highest BCUT2D eigenvalue weighted by Crippen LogP contribution is 2.45. The molecule has 0 aromatic heterocycles. The zero-order valence-corrected chi connectivity index (χ0v) is 18.8. The summed E-state index contributed by atoms with van der Waals surface area (Å²) >= 11 is 0. The van der Waals surface area contributed by atoms with Crippen LogP contribution in [0.4, 0.5) is 5.69 Å². The van der Waals surface area contributed by atoms with Crippen molar-refractivity contribution in [2.24, 2.45) is 0 Å². The van der Waals surface area contributed by atoms with Gasteiger partial charge in [0.1, 0.15) is 11.5 Å². The fraction of sp³-hybridized carbons (Fsp3) is 0.103. The number of rotatable bonds is 3. The molecule has 0 spiro atoms. The Morgan fingerprint density at radius 3 is 2.32 bits per heavy atom. The van der Waals surface area contributed by atoms with Crippen molar-refractivity contribution < 1.29 is 19.8 Å². The number of aliphatic hydroxyl groups is 1. The number of phenolic OH excluding ortho intramolecular Hbond substituents is 1. The number of carbonyl (C=O) groups excluding carboxylic acids is 2. The summed E-state index contributed by atoms with van der Waals surface area (Å²) in [5, 5.41) is 23.8. The molecule has 1 heterocycles. The number of nitrogens with zero attached hydrogens (tertiary/aromatic N) is 1. The molecule has 0 saturated carbocycles. The Balaban J connectivity index is 1.81. The second kappa shape index (κ2) is 8.19. The van der Waals surface area contributed by atoms with E-state index >= 15 is 0 Å². The Bertz CT molecular complexity index is 1500. The zero-order valence-electron chi connectivity index (χ0n) is 18.8. The molecule has 2 N–H and O–H groups in total. The summed E-state index contributed by atoms with van der Waals surface area (Å²) in [6.45, 7) is 3.77. The second-order valence-corrected chi connectivity index (χ2v) is 8.60. The quantitative estimate of drug-likeness (QED) is 0.236. The van der Waals surface area contributed by atoms with Crippen molar-refractivity contribution in [1.82, 2.24) is 0 Å². The van der Waals surface area contributed by atoms with Crippen LogP contribution in [0.3, 0.4) is 0 Å². The number of aliphatic hydroxyl groups excluding tert-OH is 1. The maximum absolute atomic E-state index is 13.4. The lowest BCUT2D eigenvalue weighted by molar-refractivity contribution is -0.132. The lowest BCUT2D eigenvalue weighted by atomic mass is 9.92. The number of carbonyl (C=O) groups is 2. The van der Waals surface area contributed by atoms with Crippen molar-refractivity contribution in [3.05, 3.63) is 113 Å². The van der Waals surface area contributed by atoms with E-state index in [0.717, 1.165) is 21.9 Å². The first-order valence-corrected chi connectivity index (χ1v) is 11.0. The van der Waals surface area contributed by atoms with E-state index in [1.54, 1.807) is 18.2 Å². The molecule has 168 valence electrons. The van der Waals surface area contributed by atoms with Crippen LogP contribution in [0.25, 0.3) is 16.5 Å². The highest BCUT2D eigenvalue weighted by atomic mass is 16.3. The normalized spacial score (nSPS) is 17.5. The third kappa shape index (κ3) is 3.42. The van der Waals surface area contributed by atoms with Gasteiger partial charge in [0.05, 0.1) is 17.3 Å². The highest BCUT2D eigenvalue weighted by Gasteiger charge is 2.47. The van der Waals surface area contributed by atoms with E-state index in [1.807, 2.05) is 74.5 Å². The SMILES string of the molecule is Cc1cccc(C2/C(=C(/O)c3cccc4ccccc34)C(=O)C(=O)N2c2cc(C)ccc2O)c1. The lowest BCUT2D eigenvalue weighted by Crippen LogP contribution is -2.29. The van der Waals surface area contributed by atoms with E-state index in [0.29, 0.717) is 11.1 Å². The second-order valence-electron chi connectivity index (χ2n) is 8.60. The molecule has 5 nitrogen and oxygen atoms in total. The maximum Gasteiger partial charge on any atom is 0.300 e. The van der Waals surface area contributed by atoms with Crippen molar-refractivity contribution in [3.8, 4) is 5.75 Å². The number of hydrogen-bond acceptors (Lipinski definition) is 4. The fourth-order valence-corrected chi connectivity index (χ4v) is 4.64. The van der Waals surface area contributed by atoms with Crippen molar-refractivity contribution in [1.29, 1.82) is 0 Å². The lowest BCUT2D eigenvalue weighted by Gasteiger charge is -2.26. The van der Waals surface area contributed by atoms with Gasteiger partial charge in [-0.2, -0.15) is 0 Å². The van der Waals surface area contributed by atoms with Gasteiger partial charge in [0, 0.05) is 5.56 Å². The number of fused-ring (bicyclic) bond motifs is 1. The number of phenols is 1. The Hall–Kier alpha value is -4.38. The molecule has 0 radical (unpaired) electrons. The summed E-state index contributed by atoms with van der Waals surface area (Å²) < 4.78 is 0. The molecule has 34 heavy (non-hydrogen) atoms. The van der Waals surface area contributed by atoms with Crippen LogP contribution >= 0.6 is 0 Å². The zero-order chi connectivity index (χ0) is 24.0. The number of aryl methyl sites for hydroxylation is 2. The first-order valence-electron chi connectivity index (χ1n) is 11.0. The third-order valence-corrected chi connectivity index (χ3v) is 6.24.